The summed E-state index contributed by atoms with van der Waals surface area (Å²) in [5.41, 5.74) is 2.60. The predicted molar refractivity (Wildman–Crippen MR) is 126 cm³/mol. The molecular weight excluding hydrogens is 470 g/mol. The fourth-order valence-electron chi connectivity index (χ4n) is 3.23. The van der Waals surface area contributed by atoms with Crippen LogP contribution in [0.1, 0.15) is 36.1 Å². The Labute approximate surface area is 194 Å². The van der Waals surface area contributed by atoms with E-state index in [1.54, 1.807) is 48.5 Å². The highest BCUT2D eigenvalue weighted by molar-refractivity contribution is 7.84. The van der Waals surface area contributed by atoms with Gasteiger partial charge in [0.2, 0.25) is 0 Å². The van der Waals surface area contributed by atoms with Gasteiger partial charge in [-0.05, 0) is 46.5 Å². The molecule has 33 heavy (non-hydrogen) atoms. The Kier molecular flexibility index (Phi) is 7.70. The van der Waals surface area contributed by atoms with Gasteiger partial charge in [0.25, 0.3) is 0 Å². The first-order chi connectivity index (χ1) is 15.5. The van der Waals surface area contributed by atoms with E-state index in [9.17, 15) is 21.3 Å². The zero-order valence-electron chi connectivity index (χ0n) is 18.0. The monoisotopic (exact) mass is 494 g/mol. The van der Waals surface area contributed by atoms with E-state index in [1.165, 1.54) is 12.1 Å². The number of rotatable bonds is 8. The Morgan fingerprint density at radius 2 is 1.52 bits per heavy atom. The van der Waals surface area contributed by atoms with E-state index in [4.69, 9.17) is 4.18 Å². The van der Waals surface area contributed by atoms with Crippen LogP contribution in [0.3, 0.4) is 0 Å². The minimum absolute atomic E-state index is 0.0656. The molecule has 10 heteroatoms. The van der Waals surface area contributed by atoms with Crippen molar-refractivity contribution in [1.29, 1.82) is 0 Å². The van der Waals surface area contributed by atoms with Crippen molar-refractivity contribution in [2.45, 2.75) is 32.4 Å². The van der Waals surface area contributed by atoms with E-state index >= 15 is 0 Å². The van der Waals surface area contributed by atoms with Gasteiger partial charge in [0.1, 0.15) is 11.5 Å². The summed E-state index contributed by atoms with van der Waals surface area (Å²) in [7, 11) is -7.56. The lowest BCUT2D eigenvalue weighted by atomic mass is 9.78. The van der Waals surface area contributed by atoms with Crippen molar-refractivity contribution in [1.82, 2.24) is 0 Å². The number of aromatic hydroxyl groups is 1. The summed E-state index contributed by atoms with van der Waals surface area (Å²) in [5.74, 6) is 0.244. The van der Waals surface area contributed by atoms with E-state index in [2.05, 4.69) is 8.73 Å². The first-order valence-corrected chi connectivity index (χ1v) is 12.4. The van der Waals surface area contributed by atoms with Gasteiger partial charge in [-0.25, -0.2) is 8.57 Å². The second-order valence-corrected chi connectivity index (χ2v) is 9.81. The molecule has 0 aromatic heterocycles. The molecule has 0 spiro atoms. The van der Waals surface area contributed by atoms with Crippen LogP contribution in [0, 0.1) is 0 Å². The minimum Gasteiger partial charge on any atom is -0.508 e. The van der Waals surface area contributed by atoms with Crippen LogP contribution in [-0.4, -0.2) is 13.5 Å². The summed E-state index contributed by atoms with van der Waals surface area (Å²) in [6.45, 7) is 3.71. The molecular formula is C23H24F2N2O4S2. The van der Waals surface area contributed by atoms with Crippen molar-refractivity contribution < 1.29 is 25.5 Å². The summed E-state index contributed by atoms with van der Waals surface area (Å²) in [4.78, 5) is 0. The van der Waals surface area contributed by atoms with E-state index in [-0.39, 0.29) is 30.0 Å². The lowest BCUT2D eigenvalue weighted by molar-refractivity contribution is 0.474. The molecule has 2 unspecified atom stereocenters. The highest BCUT2D eigenvalue weighted by Gasteiger charge is 2.23. The van der Waals surface area contributed by atoms with Crippen LogP contribution in [0.15, 0.2) is 81.5 Å². The largest absolute Gasteiger partial charge is 0.508 e. The molecule has 1 N–H and O–H groups in total. The number of nitrogens with zero attached hydrogens (tertiary/aromatic N) is 2. The van der Waals surface area contributed by atoms with Gasteiger partial charge >= 0.3 is 10.4 Å². The van der Waals surface area contributed by atoms with Crippen LogP contribution in [0.2, 0.25) is 0 Å². The molecule has 3 aromatic rings. The average Bonchev–Trinajstić information content (AvgIpc) is 2.77. The highest BCUT2D eigenvalue weighted by atomic mass is 32.3. The van der Waals surface area contributed by atoms with Gasteiger partial charge in [-0.15, -0.1) is 3.89 Å². The molecule has 0 fully saturated rings. The van der Waals surface area contributed by atoms with Crippen LogP contribution >= 0.6 is 0 Å². The van der Waals surface area contributed by atoms with Crippen molar-refractivity contribution in [2.24, 2.45) is 8.73 Å². The second kappa shape index (κ2) is 10.3. The molecule has 0 amide bonds. The Bertz CT molecular complexity index is 1310. The summed E-state index contributed by atoms with van der Waals surface area (Å²) in [6.07, 6.45) is 0. The Balaban J connectivity index is 1.71. The molecule has 0 aliphatic heterocycles. The maximum atomic E-state index is 14.5. The van der Waals surface area contributed by atoms with Crippen LogP contribution in [0.25, 0.3) is 0 Å². The molecule has 0 heterocycles. The van der Waals surface area contributed by atoms with Crippen LogP contribution in [-0.2, 0) is 39.9 Å². The van der Waals surface area contributed by atoms with Gasteiger partial charge in [0, 0.05) is 5.41 Å². The number of thiol groups is 1. The first-order valence-electron chi connectivity index (χ1n) is 9.95. The minimum atomic E-state index is -4.46. The van der Waals surface area contributed by atoms with Crippen LogP contribution in [0.4, 0.5) is 7.77 Å². The summed E-state index contributed by atoms with van der Waals surface area (Å²) >= 11 is 0. The molecule has 0 saturated carbocycles. The number of hydrogen-bond donors (Lipinski definition) is 2. The van der Waals surface area contributed by atoms with E-state index in [0.29, 0.717) is 11.1 Å². The quantitative estimate of drug-likeness (QED) is 0.315. The number of phenolic OH excluding ortho intramolecular Hbond substituents is 1. The molecule has 0 bridgehead atoms. The number of halogens is 2. The third-order valence-corrected chi connectivity index (χ3v) is 6.32. The van der Waals surface area contributed by atoms with E-state index < -0.39 is 21.4 Å². The topological polar surface area (TPSA) is 88.3 Å². The van der Waals surface area contributed by atoms with Crippen molar-refractivity contribution >= 4 is 21.4 Å². The van der Waals surface area contributed by atoms with Gasteiger partial charge in [-0.1, -0.05) is 66.3 Å². The average molecular weight is 495 g/mol. The molecule has 6 nitrogen and oxygen atoms in total. The van der Waals surface area contributed by atoms with Gasteiger partial charge in [0.05, 0.1) is 13.1 Å². The molecule has 3 aromatic carbocycles. The smallest absolute Gasteiger partial charge is 0.377 e. The summed E-state index contributed by atoms with van der Waals surface area (Å²) in [6, 6.07) is 19.9. The maximum Gasteiger partial charge on any atom is 0.377 e. The summed E-state index contributed by atoms with van der Waals surface area (Å²) in [5, 5.41) is 9.49. The van der Waals surface area contributed by atoms with E-state index in [0.717, 1.165) is 11.1 Å². The first kappa shape index (κ1) is 24.7. The van der Waals surface area contributed by atoms with Gasteiger partial charge < -0.3 is 9.29 Å². The maximum absolute atomic E-state index is 14.5. The zero-order chi connectivity index (χ0) is 24.1. The summed E-state index contributed by atoms with van der Waals surface area (Å²) < 4.78 is 61.3. The third kappa shape index (κ3) is 7.00. The standard InChI is InChI=1S/C23H24F2N2O4S2/c1-23(2,19-6-10-21(28)11-7-19)20-8-12-22(13-9-20)31-33(25,30)27-16-18-5-3-4-17(14-18)15-26-32(24)29/h3-14,28,32H,15-16H2,1-2H3. The molecule has 3 rings (SSSR count). The van der Waals surface area contributed by atoms with Crippen molar-refractivity contribution in [3.05, 3.63) is 95.1 Å². The predicted octanol–water partition coefficient (Wildman–Crippen LogP) is 5.61. The van der Waals surface area contributed by atoms with Gasteiger partial charge in [-0.3, -0.25) is 0 Å². The molecule has 0 aliphatic carbocycles. The Morgan fingerprint density at radius 1 is 0.970 bits per heavy atom. The Morgan fingerprint density at radius 3 is 2.09 bits per heavy atom. The van der Waals surface area contributed by atoms with Gasteiger partial charge in [0.15, 0.2) is 11.0 Å². The lowest BCUT2D eigenvalue weighted by Gasteiger charge is -2.26. The fraction of sp³-hybridized carbons (Fsp3) is 0.217. The molecule has 0 radical (unpaired) electrons. The van der Waals surface area contributed by atoms with Crippen LogP contribution in [0.5, 0.6) is 11.5 Å². The lowest BCUT2D eigenvalue weighted by Crippen LogP contribution is -2.18. The molecule has 2 atom stereocenters. The van der Waals surface area contributed by atoms with Crippen molar-refractivity contribution in [3.63, 3.8) is 0 Å². The fourth-order valence-corrected chi connectivity index (χ4v) is 4.21. The number of hydrogen-bond acceptors (Lipinski definition) is 6. The van der Waals surface area contributed by atoms with E-state index in [1.807, 2.05) is 26.0 Å². The van der Waals surface area contributed by atoms with Crippen LogP contribution < -0.4 is 4.18 Å². The number of phenols is 1. The number of benzene rings is 3. The Hall–Kier alpha value is -2.98. The molecule has 176 valence electrons. The third-order valence-electron chi connectivity index (χ3n) is 5.12. The normalized spacial score (nSPS) is 14.4. The van der Waals surface area contributed by atoms with Crippen molar-refractivity contribution in [3.8, 4) is 11.5 Å². The molecule has 0 saturated heterocycles. The second-order valence-electron chi connectivity index (χ2n) is 7.82. The van der Waals surface area contributed by atoms with Crippen molar-refractivity contribution in [2.75, 3.05) is 0 Å². The van der Waals surface area contributed by atoms with Gasteiger partial charge in [-0.2, -0.15) is 8.57 Å². The zero-order valence-corrected chi connectivity index (χ0v) is 19.7. The molecule has 0 aliphatic rings. The SMILES string of the molecule is CC(C)(c1ccc(O)cc1)c1ccc(OS(=O)(F)=NCc2cccc(C/N=[SH](=O)\F)c2)cc1. The highest BCUT2D eigenvalue weighted by Crippen LogP contribution is 2.33.